The number of nitrogens with zero attached hydrogens (tertiary/aromatic N) is 4. The van der Waals surface area contributed by atoms with E-state index in [1.165, 1.54) is 6.42 Å². The topological polar surface area (TPSA) is 83.1 Å². The first kappa shape index (κ1) is 23.7. The van der Waals surface area contributed by atoms with Gasteiger partial charge in [-0.1, -0.05) is 30.3 Å². The smallest absolute Gasteiger partial charge is 0.292 e. The summed E-state index contributed by atoms with van der Waals surface area (Å²) in [6.45, 7) is 4.23. The number of anilines is 2. The Hall–Kier alpha value is -4.07. The number of benzene rings is 2. The average Bonchev–Trinajstić information content (AvgIpc) is 3.41. The van der Waals surface area contributed by atoms with E-state index in [4.69, 9.17) is 4.42 Å². The summed E-state index contributed by atoms with van der Waals surface area (Å²) in [5, 5.41) is 11.6. The van der Waals surface area contributed by atoms with Gasteiger partial charge in [0.15, 0.2) is 0 Å². The molecule has 3 heterocycles. The van der Waals surface area contributed by atoms with Gasteiger partial charge >= 0.3 is 0 Å². The second-order valence-corrected chi connectivity index (χ2v) is 9.19. The third-order valence-electron chi connectivity index (χ3n) is 6.88. The van der Waals surface area contributed by atoms with Gasteiger partial charge in [-0.25, -0.2) is 0 Å². The SMILES string of the molecule is O=C(/C=C/c1ccc(-c2ccccc2)o1)N1CCN(c2ccc([N+](=O)[O-])c(N3CCCCC3)c2)CC1. The second-order valence-electron chi connectivity index (χ2n) is 9.19. The van der Waals surface area contributed by atoms with E-state index in [-0.39, 0.29) is 16.5 Å². The number of nitro groups is 1. The molecule has 5 rings (SSSR count). The monoisotopic (exact) mass is 486 g/mol. The first-order chi connectivity index (χ1) is 17.6. The first-order valence-corrected chi connectivity index (χ1v) is 12.5. The highest BCUT2D eigenvalue weighted by atomic mass is 16.6. The van der Waals surface area contributed by atoms with Gasteiger partial charge in [-0.15, -0.1) is 0 Å². The van der Waals surface area contributed by atoms with Crippen molar-refractivity contribution in [3.63, 3.8) is 0 Å². The Morgan fingerprint density at radius 3 is 2.33 bits per heavy atom. The molecule has 2 saturated heterocycles. The molecule has 36 heavy (non-hydrogen) atoms. The maximum atomic E-state index is 12.8. The molecule has 1 aromatic heterocycles. The number of furan rings is 1. The number of rotatable bonds is 6. The van der Waals surface area contributed by atoms with E-state index in [0.29, 0.717) is 37.6 Å². The molecule has 0 aliphatic carbocycles. The van der Waals surface area contributed by atoms with Crippen LogP contribution in [-0.2, 0) is 4.79 Å². The van der Waals surface area contributed by atoms with Gasteiger partial charge < -0.3 is 19.1 Å². The van der Waals surface area contributed by atoms with Crippen molar-refractivity contribution < 1.29 is 14.1 Å². The molecule has 0 atom stereocenters. The minimum atomic E-state index is -0.293. The zero-order valence-electron chi connectivity index (χ0n) is 20.2. The molecule has 8 heteroatoms. The Kier molecular flexibility index (Phi) is 7.02. The summed E-state index contributed by atoms with van der Waals surface area (Å²) in [7, 11) is 0. The van der Waals surface area contributed by atoms with Crippen molar-refractivity contribution in [2.75, 3.05) is 49.1 Å². The van der Waals surface area contributed by atoms with Crippen LogP contribution in [0.25, 0.3) is 17.4 Å². The molecule has 0 radical (unpaired) electrons. The third-order valence-corrected chi connectivity index (χ3v) is 6.88. The molecular weight excluding hydrogens is 456 g/mol. The number of piperidine rings is 1. The van der Waals surface area contributed by atoms with Gasteiger partial charge in [0.05, 0.1) is 4.92 Å². The molecule has 0 spiro atoms. The Morgan fingerprint density at radius 1 is 0.861 bits per heavy atom. The molecule has 186 valence electrons. The Labute approximate surface area is 210 Å². The average molecular weight is 487 g/mol. The van der Waals surface area contributed by atoms with E-state index in [1.54, 1.807) is 18.2 Å². The molecule has 0 unspecified atom stereocenters. The summed E-state index contributed by atoms with van der Waals surface area (Å²) in [4.78, 5) is 30.2. The third kappa shape index (κ3) is 5.27. The molecule has 0 N–H and O–H groups in total. The van der Waals surface area contributed by atoms with Crippen LogP contribution in [0, 0.1) is 10.1 Å². The van der Waals surface area contributed by atoms with Crippen LogP contribution in [0.3, 0.4) is 0 Å². The molecule has 1 amide bonds. The minimum Gasteiger partial charge on any atom is -0.457 e. The van der Waals surface area contributed by atoms with Gasteiger partial charge in [-0.3, -0.25) is 14.9 Å². The fraction of sp³-hybridized carbons (Fsp3) is 0.321. The van der Waals surface area contributed by atoms with Crippen LogP contribution in [0.1, 0.15) is 25.0 Å². The molecule has 8 nitrogen and oxygen atoms in total. The Balaban J connectivity index is 1.21. The van der Waals surface area contributed by atoms with Gasteiger partial charge in [-0.05, 0) is 49.6 Å². The second kappa shape index (κ2) is 10.7. The number of nitro benzene ring substituents is 1. The highest BCUT2D eigenvalue weighted by Gasteiger charge is 2.25. The lowest BCUT2D eigenvalue weighted by molar-refractivity contribution is -0.384. The number of piperazine rings is 1. The van der Waals surface area contributed by atoms with E-state index in [2.05, 4.69) is 9.80 Å². The van der Waals surface area contributed by atoms with Crippen LogP contribution in [0.15, 0.2) is 71.2 Å². The quantitative estimate of drug-likeness (QED) is 0.270. The lowest BCUT2D eigenvalue weighted by atomic mass is 10.1. The minimum absolute atomic E-state index is 0.0509. The van der Waals surface area contributed by atoms with E-state index in [9.17, 15) is 14.9 Å². The Morgan fingerprint density at radius 2 is 1.61 bits per heavy atom. The van der Waals surface area contributed by atoms with Gasteiger partial charge in [0.25, 0.3) is 5.69 Å². The van der Waals surface area contributed by atoms with E-state index in [0.717, 1.165) is 42.9 Å². The standard InChI is InChI=1S/C28H30N4O4/c33-28(14-11-24-10-13-27(36-24)22-7-3-1-4-8-22)31-19-17-29(18-20-31)23-9-12-25(32(34)35)26(21-23)30-15-5-2-6-16-30/h1,3-4,7-14,21H,2,5-6,15-20H2/b14-11+. The maximum absolute atomic E-state index is 12.8. The molecule has 2 aromatic carbocycles. The number of hydrogen-bond donors (Lipinski definition) is 0. The van der Waals surface area contributed by atoms with Gasteiger partial charge in [-0.2, -0.15) is 0 Å². The van der Waals surface area contributed by atoms with Crippen molar-refractivity contribution in [1.29, 1.82) is 0 Å². The number of carbonyl (C=O) groups excluding carboxylic acids is 1. The summed E-state index contributed by atoms with van der Waals surface area (Å²) in [6.07, 6.45) is 6.55. The van der Waals surface area contributed by atoms with Crippen molar-refractivity contribution in [3.8, 4) is 11.3 Å². The normalized spacial score (nSPS) is 16.5. The maximum Gasteiger partial charge on any atom is 0.292 e. The molecular formula is C28H30N4O4. The molecule has 0 bridgehead atoms. The van der Waals surface area contributed by atoms with Crippen molar-refractivity contribution in [2.45, 2.75) is 19.3 Å². The predicted molar refractivity (Wildman–Crippen MR) is 141 cm³/mol. The van der Waals surface area contributed by atoms with E-state index >= 15 is 0 Å². The summed E-state index contributed by atoms with van der Waals surface area (Å²) >= 11 is 0. The van der Waals surface area contributed by atoms with Crippen molar-refractivity contribution in [2.24, 2.45) is 0 Å². The first-order valence-electron chi connectivity index (χ1n) is 12.5. The van der Waals surface area contributed by atoms with Crippen LogP contribution in [0.2, 0.25) is 0 Å². The summed E-state index contributed by atoms with van der Waals surface area (Å²) in [5.41, 5.74) is 2.82. The van der Waals surface area contributed by atoms with Crippen LogP contribution in [0.5, 0.6) is 0 Å². The zero-order chi connectivity index (χ0) is 24.9. The molecule has 2 fully saturated rings. The van der Waals surface area contributed by atoms with Crippen LogP contribution < -0.4 is 9.80 Å². The van der Waals surface area contributed by atoms with Crippen LogP contribution in [0.4, 0.5) is 17.1 Å². The molecule has 2 aliphatic rings. The van der Waals surface area contributed by atoms with E-state index in [1.807, 2.05) is 59.5 Å². The molecule has 3 aromatic rings. The van der Waals surface area contributed by atoms with Crippen molar-refractivity contribution >= 4 is 29.0 Å². The number of hydrogen-bond acceptors (Lipinski definition) is 6. The summed E-state index contributed by atoms with van der Waals surface area (Å²) in [6, 6.07) is 19.0. The van der Waals surface area contributed by atoms with Crippen molar-refractivity contribution in [1.82, 2.24) is 4.90 Å². The fourth-order valence-corrected chi connectivity index (χ4v) is 4.89. The molecule has 2 aliphatic heterocycles. The molecule has 0 saturated carbocycles. The number of carbonyl (C=O) groups is 1. The number of amides is 1. The highest BCUT2D eigenvalue weighted by molar-refractivity contribution is 5.91. The van der Waals surface area contributed by atoms with Crippen molar-refractivity contribution in [3.05, 3.63) is 82.6 Å². The summed E-state index contributed by atoms with van der Waals surface area (Å²) < 4.78 is 5.85. The zero-order valence-corrected chi connectivity index (χ0v) is 20.2. The summed E-state index contributed by atoms with van der Waals surface area (Å²) in [5.74, 6) is 1.35. The lowest BCUT2D eigenvalue weighted by Crippen LogP contribution is -2.48. The predicted octanol–water partition coefficient (Wildman–Crippen LogP) is 5.21. The van der Waals surface area contributed by atoms with Crippen LogP contribution in [-0.4, -0.2) is 55.0 Å². The van der Waals surface area contributed by atoms with Gasteiger partial charge in [0, 0.05) is 62.7 Å². The highest BCUT2D eigenvalue weighted by Crippen LogP contribution is 2.34. The fourth-order valence-electron chi connectivity index (χ4n) is 4.89. The lowest BCUT2D eigenvalue weighted by Gasteiger charge is -2.36. The van der Waals surface area contributed by atoms with E-state index < -0.39 is 0 Å². The van der Waals surface area contributed by atoms with Gasteiger partial charge in [0.1, 0.15) is 17.2 Å². The van der Waals surface area contributed by atoms with Gasteiger partial charge in [0.2, 0.25) is 5.91 Å². The Bertz CT molecular complexity index is 1240. The largest absolute Gasteiger partial charge is 0.457 e. The van der Waals surface area contributed by atoms with Crippen LogP contribution >= 0.6 is 0 Å².